The number of hydrogen-bond donors (Lipinski definition) is 1. The minimum atomic E-state index is -4.98. The molecule has 160 valence electrons. The van der Waals surface area contributed by atoms with Crippen LogP contribution in [0.15, 0.2) is 6.07 Å². The molecule has 29 heavy (non-hydrogen) atoms. The van der Waals surface area contributed by atoms with Crippen molar-refractivity contribution in [1.82, 2.24) is 19.7 Å². The molecule has 0 spiro atoms. The van der Waals surface area contributed by atoms with Crippen LogP contribution < -0.4 is 0 Å². The van der Waals surface area contributed by atoms with Crippen molar-refractivity contribution in [1.29, 1.82) is 0 Å². The van der Waals surface area contributed by atoms with Crippen molar-refractivity contribution in [2.45, 2.75) is 38.9 Å². The number of ketones is 1. The van der Waals surface area contributed by atoms with Crippen molar-refractivity contribution >= 4 is 17.6 Å². The number of aryl methyl sites for hydroxylation is 2. The average molecular weight is 414 g/mol. The third-order valence-corrected chi connectivity index (χ3v) is 5.54. The molecule has 0 saturated carbocycles. The molecule has 1 unspecified atom stereocenters. The van der Waals surface area contributed by atoms with Gasteiger partial charge in [-0.3, -0.25) is 19.3 Å². The van der Waals surface area contributed by atoms with E-state index in [1.165, 1.54) is 4.90 Å². The van der Waals surface area contributed by atoms with Gasteiger partial charge in [0.15, 0.2) is 5.78 Å². The molecule has 2 amide bonds. The van der Waals surface area contributed by atoms with Crippen LogP contribution in [0, 0.1) is 13.8 Å². The summed E-state index contributed by atoms with van der Waals surface area (Å²) >= 11 is 0. The number of H-pyrrole nitrogens is 1. The molecule has 10 heteroatoms. The lowest BCUT2D eigenvalue weighted by Gasteiger charge is -2.37. The van der Waals surface area contributed by atoms with Crippen LogP contribution in [0.25, 0.3) is 0 Å². The zero-order valence-electron chi connectivity index (χ0n) is 16.5. The van der Waals surface area contributed by atoms with Crippen LogP contribution in [-0.2, 0) is 9.59 Å². The minimum Gasteiger partial charge on any atom is -0.362 e. The molecule has 1 aromatic rings. The first-order valence-electron chi connectivity index (χ1n) is 9.66. The van der Waals surface area contributed by atoms with Crippen LogP contribution in [-0.4, -0.2) is 88.8 Å². The third-order valence-electron chi connectivity index (χ3n) is 5.54. The molecule has 1 atom stereocenters. The van der Waals surface area contributed by atoms with Crippen molar-refractivity contribution in [2.24, 2.45) is 0 Å². The van der Waals surface area contributed by atoms with E-state index in [1.807, 2.05) is 24.8 Å². The number of alkyl halides is 3. The lowest BCUT2D eigenvalue weighted by molar-refractivity contribution is -0.187. The van der Waals surface area contributed by atoms with Gasteiger partial charge in [0.2, 0.25) is 5.91 Å². The Morgan fingerprint density at radius 2 is 1.76 bits per heavy atom. The Kier molecular flexibility index (Phi) is 6.02. The van der Waals surface area contributed by atoms with E-state index in [-0.39, 0.29) is 25.3 Å². The van der Waals surface area contributed by atoms with Gasteiger partial charge in [-0.2, -0.15) is 13.2 Å². The molecule has 1 N–H and O–H groups in total. The highest BCUT2D eigenvalue weighted by molar-refractivity contribution is 5.99. The smallest absolute Gasteiger partial charge is 0.362 e. The second-order valence-electron chi connectivity index (χ2n) is 7.67. The number of hydrogen-bond acceptors (Lipinski definition) is 4. The molecule has 2 fully saturated rings. The highest BCUT2D eigenvalue weighted by atomic mass is 19.4. The normalized spacial score (nSPS) is 20.9. The molecule has 1 aromatic heterocycles. The zero-order valence-corrected chi connectivity index (χ0v) is 16.5. The largest absolute Gasteiger partial charge is 0.471 e. The van der Waals surface area contributed by atoms with Crippen molar-refractivity contribution < 1.29 is 27.6 Å². The van der Waals surface area contributed by atoms with Crippen LogP contribution in [0.3, 0.4) is 0 Å². The van der Waals surface area contributed by atoms with Gasteiger partial charge in [-0.25, -0.2) is 0 Å². The number of piperazine rings is 1. The summed E-state index contributed by atoms with van der Waals surface area (Å²) in [4.78, 5) is 44.0. The number of aromatic amines is 1. The number of aromatic nitrogens is 1. The predicted octanol–water partition coefficient (Wildman–Crippen LogP) is 1.51. The van der Waals surface area contributed by atoms with Gasteiger partial charge in [0, 0.05) is 49.7 Å². The molecule has 7 nitrogen and oxygen atoms in total. The van der Waals surface area contributed by atoms with Crippen LogP contribution in [0.5, 0.6) is 0 Å². The maximum Gasteiger partial charge on any atom is 0.471 e. The Hall–Kier alpha value is -2.36. The maximum atomic E-state index is 12.8. The SMILES string of the molecule is Cc1cc(C(=O)CN2CCN(C(=O)C3CCCN3C(=O)C(F)(F)F)CC2)c(C)[nH]1. The van der Waals surface area contributed by atoms with Crippen LogP contribution in [0.4, 0.5) is 13.2 Å². The number of amides is 2. The van der Waals surface area contributed by atoms with Gasteiger partial charge in [-0.15, -0.1) is 0 Å². The van der Waals surface area contributed by atoms with E-state index in [0.29, 0.717) is 43.1 Å². The molecule has 0 aliphatic carbocycles. The van der Waals surface area contributed by atoms with Gasteiger partial charge in [-0.1, -0.05) is 0 Å². The standard InChI is InChI=1S/C19H25F3N4O3/c1-12-10-14(13(2)23-12)16(27)11-24-6-8-25(9-7-24)17(28)15-4-3-5-26(15)18(29)19(20,21)22/h10,15,23H,3-9,11H2,1-2H3. The number of Topliss-reactive ketones (excluding diaryl/α,β-unsaturated/α-hetero) is 1. The van der Waals surface area contributed by atoms with Crippen molar-refractivity contribution in [3.63, 3.8) is 0 Å². The maximum absolute atomic E-state index is 12.8. The summed E-state index contributed by atoms with van der Waals surface area (Å²) < 4.78 is 38.3. The number of carbonyl (C=O) groups is 3. The van der Waals surface area contributed by atoms with E-state index < -0.39 is 24.0 Å². The second-order valence-corrected chi connectivity index (χ2v) is 7.67. The summed E-state index contributed by atoms with van der Waals surface area (Å²) in [6.07, 6.45) is -4.36. The monoisotopic (exact) mass is 414 g/mol. The Morgan fingerprint density at radius 3 is 2.31 bits per heavy atom. The van der Waals surface area contributed by atoms with Crippen LogP contribution >= 0.6 is 0 Å². The second kappa shape index (κ2) is 8.17. The summed E-state index contributed by atoms with van der Waals surface area (Å²) in [7, 11) is 0. The number of rotatable bonds is 4. The fraction of sp³-hybridized carbons (Fsp3) is 0.632. The van der Waals surface area contributed by atoms with E-state index in [4.69, 9.17) is 0 Å². The molecule has 0 radical (unpaired) electrons. The van der Waals surface area contributed by atoms with Crippen LogP contribution in [0.2, 0.25) is 0 Å². The lowest BCUT2D eigenvalue weighted by Crippen LogP contribution is -2.56. The average Bonchev–Trinajstić information content (AvgIpc) is 3.26. The minimum absolute atomic E-state index is 0.00984. The molecular formula is C19H25F3N4O3. The number of nitrogens with zero attached hydrogens (tertiary/aromatic N) is 3. The molecule has 3 heterocycles. The third kappa shape index (κ3) is 4.63. The molecule has 0 bridgehead atoms. The highest BCUT2D eigenvalue weighted by Gasteiger charge is 2.48. The zero-order chi connectivity index (χ0) is 21.3. The summed E-state index contributed by atoms with van der Waals surface area (Å²) in [5.74, 6) is -2.40. The first-order chi connectivity index (χ1) is 13.6. The Labute approximate surface area is 166 Å². The first-order valence-corrected chi connectivity index (χ1v) is 9.66. The molecular weight excluding hydrogens is 389 g/mol. The van der Waals surface area contributed by atoms with Gasteiger partial charge in [0.05, 0.1) is 6.54 Å². The van der Waals surface area contributed by atoms with E-state index in [2.05, 4.69) is 4.98 Å². The molecule has 2 saturated heterocycles. The van der Waals surface area contributed by atoms with Gasteiger partial charge in [0.25, 0.3) is 0 Å². The lowest BCUT2D eigenvalue weighted by atomic mass is 10.1. The van der Waals surface area contributed by atoms with Crippen molar-refractivity contribution in [3.8, 4) is 0 Å². The Balaban J connectivity index is 1.55. The molecule has 0 aromatic carbocycles. The van der Waals surface area contributed by atoms with Gasteiger partial charge in [0.1, 0.15) is 6.04 Å². The van der Waals surface area contributed by atoms with E-state index >= 15 is 0 Å². The van der Waals surface area contributed by atoms with E-state index in [9.17, 15) is 27.6 Å². The molecule has 2 aliphatic heterocycles. The van der Waals surface area contributed by atoms with E-state index in [0.717, 1.165) is 11.4 Å². The fourth-order valence-corrected chi connectivity index (χ4v) is 4.07. The topological polar surface area (TPSA) is 76.7 Å². The Bertz CT molecular complexity index is 797. The predicted molar refractivity (Wildman–Crippen MR) is 98.4 cm³/mol. The quantitative estimate of drug-likeness (QED) is 0.758. The number of nitrogens with one attached hydrogen (secondary N) is 1. The van der Waals surface area contributed by atoms with Gasteiger partial charge in [-0.05, 0) is 32.8 Å². The Morgan fingerprint density at radius 1 is 1.10 bits per heavy atom. The summed E-state index contributed by atoms with van der Waals surface area (Å²) in [5.41, 5.74) is 2.38. The van der Waals surface area contributed by atoms with E-state index in [1.54, 1.807) is 0 Å². The summed E-state index contributed by atoms with van der Waals surface area (Å²) in [6.45, 7) is 5.45. The van der Waals surface area contributed by atoms with Gasteiger partial charge < -0.3 is 14.8 Å². The van der Waals surface area contributed by atoms with Crippen LogP contribution in [0.1, 0.15) is 34.6 Å². The van der Waals surface area contributed by atoms with Crippen molar-refractivity contribution in [3.05, 3.63) is 23.0 Å². The summed E-state index contributed by atoms with van der Waals surface area (Å²) in [5, 5.41) is 0. The van der Waals surface area contributed by atoms with Crippen molar-refractivity contribution in [2.75, 3.05) is 39.3 Å². The number of carbonyl (C=O) groups excluding carboxylic acids is 3. The molecule has 2 aliphatic rings. The summed E-state index contributed by atoms with van der Waals surface area (Å²) in [6, 6.07) is 0.756. The first kappa shape index (κ1) is 21.4. The highest BCUT2D eigenvalue weighted by Crippen LogP contribution is 2.27. The van der Waals surface area contributed by atoms with Gasteiger partial charge >= 0.3 is 12.1 Å². The molecule has 3 rings (SSSR count). The number of halogens is 3. The number of likely N-dealkylation sites (tertiary alicyclic amines) is 1. The fourth-order valence-electron chi connectivity index (χ4n) is 4.07.